The van der Waals surface area contributed by atoms with Crippen molar-refractivity contribution < 1.29 is 33.3 Å². The van der Waals surface area contributed by atoms with E-state index in [0.717, 1.165) is 0 Å². The quantitative estimate of drug-likeness (QED) is 0.676. The zero-order valence-corrected chi connectivity index (χ0v) is 16.5. The van der Waals surface area contributed by atoms with Crippen LogP contribution in [0, 0.1) is 0 Å². The first-order chi connectivity index (χ1) is 13.3. The molecule has 1 aromatic rings. The molecular formula is C19H26N2O7. The molecule has 1 N–H and O–H groups in total. The van der Waals surface area contributed by atoms with Gasteiger partial charge in [-0.15, -0.1) is 0 Å². The highest BCUT2D eigenvalue weighted by Gasteiger charge is 2.26. The number of ether oxygens (including phenoxy) is 4. The minimum Gasteiger partial charge on any atom is -0.493 e. The molecule has 1 heterocycles. The van der Waals surface area contributed by atoms with Gasteiger partial charge in [-0.3, -0.25) is 14.4 Å². The number of amides is 2. The number of benzene rings is 1. The molecule has 0 saturated carbocycles. The fraction of sp³-hybridized carbons (Fsp3) is 0.526. The van der Waals surface area contributed by atoms with Gasteiger partial charge in [0.15, 0.2) is 18.1 Å². The standard InChI is InChI=1S/C19H26N2O7/c1-12-9-21(10-13(2)28-12)17(22)11-27-18(23)8-20-19(24)14-5-6-15(25-3)16(7-14)26-4/h5-7,12-13H,8-11H2,1-4H3,(H,20,24)/t12-,13-/m1/s1. The maximum absolute atomic E-state index is 12.2. The van der Waals surface area contributed by atoms with Crippen LogP contribution in [-0.4, -0.2) is 75.4 Å². The number of carbonyl (C=O) groups excluding carboxylic acids is 3. The van der Waals surface area contributed by atoms with E-state index in [0.29, 0.717) is 30.2 Å². The van der Waals surface area contributed by atoms with Gasteiger partial charge in [0.1, 0.15) is 6.54 Å². The Balaban J connectivity index is 1.79. The van der Waals surface area contributed by atoms with Crippen molar-refractivity contribution in [1.82, 2.24) is 10.2 Å². The van der Waals surface area contributed by atoms with Gasteiger partial charge in [-0.05, 0) is 32.0 Å². The lowest BCUT2D eigenvalue weighted by Crippen LogP contribution is -2.49. The summed E-state index contributed by atoms with van der Waals surface area (Å²) in [6.45, 7) is 3.95. The second kappa shape index (κ2) is 9.93. The Hall–Kier alpha value is -2.81. The first kappa shape index (κ1) is 21.5. The van der Waals surface area contributed by atoms with E-state index in [-0.39, 0.29) is 31.3 Å². The van der Waals surface area contributed by atoms with E-state index in [1.54, 1.807) is 17.0 Å². The first-order valence-electron chi connectivity index (χ1n) is 8.93. The number of morpholine rings is 1. The molecule has 9 nitrogen and oxygen atoms in total. The molecule has 1 aliphatic heterocycles. The lowest BCUT2D eigenvalue weighted by Gasteiger charge is -2.35. The molecule has 0 bridgehead atoms. The van der Waals surface area contributed by atoms with Gasteiger partial charge in [0.25, 0.3) is 11.8 Å². The van der Waals surface area contributed by atoms with Crippen molar-refractivity contribution >= 4 is 17.8 Å². The Bertz CT molecular complexity index is 712. The van der Waals surface area contributed by atoms with Crippen LogP contribution < -0.4 is 14.8 Å². The SMILES string of the molecule is COc1ccc(C(=O)NCC(=O)OCC(=O)N2C[C@@H](C)O[C@H](C)C2)cc1OC. The third-order valence-electron chi connectivity index (χ3n) is 4.17. The minimum absolute atomic E-state index is 0.0656. The molecule has 0 aromatic heterocycles. The van der Waals surface area contributed by atoms with Gasteiger partial charge in [0.05, 0.1) is 26.4 Å². The first-order valence-corrected chi connectivity index (χ1v) is 8.93. The van der Waals surface area contributed by atoms with Crippen molar-refractivity contribution in [3.05, 3.63) is 23.8 Å². The third-order valence-corrected chi connectivity index (χ3v) is 4.17. The average Bonchev–Trinajstić information content (AvgIpc) is 2.68. The second-order valence-electron chi connectivity index (χ2n) is 6.47. The Morgan fingerprint density at radius 3 is 2.36 bits per heavy atom. The van der Waals surface area contributed by atoms with Gasteiger partial charge in [-0.1, -0.05) is 0 Å². The maximum atomic E-state index is 12.2. The number of hydrogen-bond acceptors (Lipinski definition) is 7. The molecule has 1 aliphatic rings. The van der Waals surface area contributed by atoms with E-state index < -0.39 is 11.9 Å². The van der Waals surface area contributed by atoms with Crippen LogP contribution in [0.1, 0.15) is 24.2 Å². The van der Waals surface area contributed by atoms with Crippen molar-refractivity contribution in [2.24, 2.45) is 0 Å². The van der Waals surface area contributed by atoms with E-state index in [4.69, 9.17) is 18.9 Å². The normalized spacial score (nSPS) is 18.9. The van der Waals surface area contributed by atoms with Crippen LogP contribution in [0.3, 0.4) is 0 Å². The lowest BCUT2D eigenvalue weighted by molar-refractivity contribution is -0.156. The van der Waals surface area contributed by atoms with Crippen LogP contribution in [0.5, 0.6) is 11.5 Å². The van der Waals surface area contributed by atoms with E-state index >= 15 is 0 Å². The van der Waals surface area contributed by atoms with Gasteiger partial charge in [0.2, 0.25) is 0 Å². The van der Waals surface area contributed by atoms with Crippen LogP contribution >= 0.6 is 0 Å². The van der Waals surface area contributed by atoms with E-state index in [9.17, 15) is 14.4 Å². The lowest BCUT2D eigenvalue weighted by atomic mass is 10.2. The summed E-state index contributed by atoms with van der Waals surface area (Å²) >= 11 is 0. The van der Waals surface area contributed by atoms with Crippen LogP contribution in [-0.2, 0) is 19.1 Å². The summed E-state index contributed by atoms with van der Waals surface area (Å²) in [6.07, 6.45) is -0.131. The molecule has 1 saturated heterocycles. The summed E-state index contributed by atoms with van der Waals surface area (Å²) in [5.74, 6) is -0.570. The Labute approximate surface area is 163 Å². The summed E-state index contributed by atoms with van der Waals surface area (Å²) in [5, 5.41) is 2.45. The number of methoxy groups -OCH3 is 2. The van der Waals surface area contributed by atoms with Gasteiger partial charge >= 0.3 is 5.97 Å². The monoisotopic (exact) mass is 394 g/mol. The van der Waals surface area contributed by atoms with Gasteiger partial charge in [-0.2, -0.15) is 0 Å². The van der Waals surface area contributed by atoms with E-state index in [1.165, 1.54) is 20.3 Å². The highest BCUT2D eigenvalue weighted by atomic mass is 16.5. The Kier molecular flexibility index (Phi) is 7.62. The molecular weight excluding hydrogens is 368 g/mol. The average molecular weight is 394 g/mol. The molecule has 1 aromatic carbocycles. The largest absolute Gasteiger partial charge is 0.493 e. The highest BCUT2D eigenvalue weighted by molar-refractivity contribution is 5.96. The molecule has 0 aliphatic carbocycles. The predicted molar refractivity (Wildman–Crippen MR) is 99.4 cm³/mol. The molecule has 0 unspecified atom stereocenters. The highest BCUT2D eigenvalue weighted by Crippen LogP contribution is 2.27. The predicted octanol–water partition coefficient (Wildman–Crippen LogP) is 0.613. The number of nitrogens with one attached hydrogen (secondary N) is 1. The molecule has 0 spiro atoms. The fourth-order valence-corrected chi connectivity index (χ4v) is 2.90. The molecule has 0 radical (unpaired) electrons. The summed E-state index contributed by atoms with van der Waals surface area (Å²) in [5.41, 5.74) is 0.304. The number of nitrogens with zero attached hydrogens (tertiary/aromatic N) is 1. The number of esters is 1. The minimum atomic E-state index is -0.698. The zero-order chi connectivity index (χ0) is 20.7. The summed E-state index contributed by atoms with van der Waals surface area (Å²) in [6, 6.07) is 4.64. The molecule has 2 rings (SSSR count). The molecule has 2 atom stereocenters. The fourth-order valence-electron chi connectivity index (χ4n) is 2.90. The maximum Gasteiger partial charge on any atom is 0.325 e. The van der Waals surface area contributed by atoms with Crippen LogP contribution in [0.4, 0.5) is 0 Å². The molecule has 154 valence electrons. The number of rotatable bonds is 7. The van der Waals surface area contributed by atoms with E-state index in [1.807, 2.05) is 13.8 Å². The van der Waals surface area contributed by atoms with Crippen LogP contribution in [0.25, 0.3) is 0 Å². The van der Waals surface area contributed by atoms with Crippen molar-refractivity contribution in [1.29, 1.82) is 0 Å². The Morgan fingerprint density at radius 1 is 1.11 bits per heavy atom. The van der Waals surface area contributed by atoms with Crippen molar-refractivity contribution in [2.75, 3.05) is 40.5 Å². The topological polar surface area (TPSA) is 103 Å². The molecule has 1 fully saturated rings. The van der Waals surface area contributed by atoms with Crippen LogP contribution in [0.2, 0.25) is 0 Å². The van der Waals surface area contributed by atoms with Gasteiger partial charge in [0, 0.05) is 18.7 Å². The summed E-state index contributed by atoms with van der Waals surface area (Å²) in [4.78, 5) is 37.8. The smallest absolute Gasteiger partial charge is 0.325 e. The van der Waals surface area contributed by atoms with Crippen molar-refractivity contribution in [2.45, 2.75) is 26.1 Å². The Morgan fingerprint density at radius 2 is 1.75 bits per heavy atom. The van der Waals surface area contributed by atoms with Gasteiger partial charge in [-0.25, -0.2) is 0 Å². The molecule has 2 amide bonds. The number of carbonyl (C=O) groups is 3. The van der Waals surface area contributed by atoms with Crippen molar-refractivity contribution in [3.8, 4) is 11.5 Å². The van der Waals surface area contributed by atoms with Crippen molar-refractivity contribution in [3.63, 3.8) is 0 Å². The van der Waals surface area contributed by atoms with Crippen LogP contribution in [0.15, 0.2) is 18.2 Å². The second-order valence-corrected chi connectivity index (χ2v) is 6.47. The summed E-state index contributed by atoms with van der Waals surface area (Å²) < 4.78 is 20.8. The zero-order valence-electron chi connectivity index (χ0n) is 16.5. The molecule has 28 heavy (non-hydrogen) atoms. The molecule has 9 heteroatoms. The third kappa shape index (κ3) is 5.85. The van der Waals surface area contributed by atoms with Gasteiger partial charge < -0.3 is 29.2 Å². The van der Waals surface area contributed by atoms with E-state index in [2.05, 4.69) is 5.32 Å². The number of hydrogen-bond donors (Lipinski definition) is 1. The summed E-state index contributed by atoms with van der Waals surface area (Å²) in [7, 11) is 2.96.